The van der Waals surface area contributed by atoms with Crippen molar-refractivity contribution in [1.82, 2.24) is 20.0 Å². The normalized spacial score (nSPS) is 31.9. The number of benzene rings is 1. The van der Waals surface area contributed by atoms with Gasteiger partial charge in [0.1, 0.15) is 0 Å². The average molecular weight is 364 g/mol. The Hall–Kier alpha value is -2.14. The number of likely N-dealkylation sites (tertiary alicyclic amines) is 1. The summed E-state index contributed by atoms with van der Waals surface area (Å²) in [6.07, 6.45) is 6.07. The number of aryl methyl sites for hydroxylation is 1. The first-order valence-corrected chi connectivity index (χ1v) is 10.4. The molecule has 5 heterocycles. The molecule has 4 saturated heterocycles. The minimum Gasteiger partial charge on any atom is -0.333 e. The summed E-state index contributed by atoms with van der Waals surface area (Å²) in [4.78, 5) is 18.4. The monoisotopic (exact) mass is 364 g/mol. The van der Waals surface area contributed by atoms with E-state index in [4.69, 9.17) is 0 Å². The second-order valence-electron chi connectivity index (χ2n) is 8.34. The molecule has 0 spiro atoms. The number of amides is 1. The van der Waals surface area contributed by atoms with Crippen LogP contribution in [0.2, 0.25) is 0 Å². The Morgan fingerprint density at radius 2 is 1.96 bits per heavy atom. The topological polar surface area (TPSA) is 52.2 Å². The van der Waals surface area contributed by atoms with Crippen LogP contribution in [-0.4, -0.2) is 57.6 Å². The van der Waals surface area contributed by atoms with Crippen LogP contribution in [0.15, 0.2) is 36.5 Å². The molecular formula is C22H28N4O. The summed E-state index contributed by atoms with van der Waals surface area (Å²) >= 11 is 0. The Morgan fingerprint density at radius 1 is 1.19 bits per heavy atom. The lowest BCUT2D eigenvalue weighted by atomic mass is 9.75. The van der Waals surface area contributed by atoms with Gasteiger partial charge in [-0.2, -0.15) is 5.10 Å². The number of aromatic amines is 1. The quantitative estimate of drug-likeness (QED) is 0.907. The van der Waals surface area contributed by atoms with Crippen LogP contribution in [0.3, 0.4) is 0 Å². The summed E-state index contributed by atoms with van der Waals surface area (Å²) in [5, 5.41) is 7.23. The fraction of sp³-hybridized carbons (Fsp3) is 0.545. The Kier molecular flexibility index (Phi) is 4.27. The Morgan fingerprint density at radius 3 is 2.70 bits per heavy atom. The van der Waals surface area contributed by atoms with Gasteiger partial charge in [0, 0.05) is 24.2 Å². The van der Waals surface area contributed by atoms with Gasteiger partial charge >= 0.3 is 0 Å². The van der Waals surface area contributed by atoms with Crippen LogP contribution in [0.4, 0.5) is 0 Å². The lowest BCUT2D eigenvalue weighted by Gasteiger charge is -2.51. The first kappa shape index (κ1) is 17.0. The lowest BCUT2D eigenvalue weighted by molar-refractivity contribution is -0.00343. The van der Waals surface area contributed by atoms with E-state index in [0.717, 1.165) is 30.6 Å². The van der Waals surface area contributed by atoms with Crippen molar-refractivity contribution in [3.8, 4) is 0 Å². The molecule has 2 bridgehead atoms. The number of carbonyl (C=O) groups is 1. The fourth-order valence-electron chi connectivity index (χ4n) is 5.74. The van der Waals surface area contributed by atoms with Gasteiger partial charge in [-0.05, 0) is 43.8 Å². The first-order valence-electron chi connectivity index (χ1n) is 10.4. The number of hydrogen-bond donors (Lipinski definition) is 1. The molecule has 0 unspecified atom stereocenters. The molecule has 2 aromatic rings. The number of hydrogen-bond acceptors (Lipinski definition) is 3. The highest BCUT2D eigenvalue weighted by Gasteiger charge is 2.54. The van der Waals surface area contributed by atoms with Crippen molar-refractivity contribution >= 4 is 5.91 Å². The third-order valence-electron chi connectivity index (χ3n) is 6.93. The van der Waals surface area contributed by atoms with Gasteiger partial charge in [0.25, 0.3) is 5.91 Å². The van der Waals surface area contributed by atoms with Crippen LogP contribution in [0, 0.1) is 5.92 Å². The molecule has 1 amide bonds. The highest BCUT2D eigenvalue weighted by atomic mass is 16.2. The maximum atomic E-state index is 13.6. The van der Waals surface area contributed by atoms with E-state index in [9.17, 15) is 4.79 Å². The van der Waals surface area contributed by atoms with Crippen LogP contribution in [-0.2, 0) is 6.42 Å². The first-order chi connectivity index (χ1) is 13.3. The van der Waals surface area contributed by atoms with E-state index in [1.54, 1.807) is 6.20 Å². The zero-order chi connectivity index (χ0) is 18.4. The van der Waals surface area contributed by atoms with Crippen LogP contribution in [0.25, 0.3) is 0 Å². The van der Waals surface area contributed by atoms with E-state index < -0.39 is 0 Å². The molecule has 5 heteroatoms. The summed E-state index contributed by atoms with van der Waals surface area (Å²) in [6, 6.07) is 11.6. The van der Waals surface area contributed by atoms with Gasteiger partial charge in [-0.15, -0.1) is 0 Å². The molecule has 4 aliphatic rings. The summed E-state index contributed by atoms with van der Waals surface area (Å²) in [5.74, 6) is 1.22. The third kappa shape index (κ3) is 2.71. The molecule has 4 aliphatic heterocycles. The molecule has 6 rings (SSSR count). The zero-order valence-electron chi connectivity index (χ0n) is 16.0. The zero-order valence-corrected chi connectivity index (χ0v) is 16.0. The van der Waals surface area contributed by atoms with Crippen LogP contribution < -0.4 is 0 Å². The molecule has 0 aliphatic carbocycles. The van der Waals surface area contributed by atoms with Crippen molar-refractivity contribution in [2.75, 3.05) is 19.6 Å². The smallest absolute Gasteiger partial charge is 0.257 e. The molecule has 142 valence electrons. The van der Waals surface area contributed by atoms with Crippen LogP contribution in [0.1, 0.15) is 53.7 Å². The number of nitrogens with one attached hydrogen (secondary N) is 1. The number of aromatic nitrogens is 2. The van der Waals surface area contributed by atoms with E-state index in [-0.39, 0.29) is 5.91 Å². The predicted molar refractivity (Wildman–Crippen MR) is 105 cm³/mol. The van der Waals surface area contributed by atoms with Crippen molar-refractivity contribution < 1.29 is 4.79 Å². The van der Waals surface area contributed by atoms with Gasteiger partial charge in [-0.3, -0.25) is 14.8 Å². The van der Waals surface area contributed by atoms with Gasteiger partial charge in [0.15, 0.2) is 0 Å². The van der Waals surface area contributed by atoms with E-state index in [2.05, 4.69) is 57.3 Å². The van der Waals surface area contributed by atoms with E-state index >= 15 is 0 Å². The maximum Gasteiger partial charge on any atom is 0.257 e. The van der Waals surface area contributed by atoms with Gasteiger partial charge in [0.2, 0.25) is 0 Å². The van der Waals surface area contributed by atoms with Crippen LogP contribution in [0.5, 0.6) is 0 Å². The second-order valence-corrected chi connectivity index (χ2v) is 8.34. The largest absolute Gasteiger partial charge is 0.333 e. The second kappa shape index (κ2) is 6.79. The lowest BCUT2D eigenvalue weighted by Crippen LogP contribution is -2.60. The molecule has 0 radical (unpaired) electrons. The van der Waals surface area contributed by atoms with Gasteiger partial charge in [0.05, 0.1) is 17.8 Å². The summed E-state index contributed by atoms with van der Waals surface area (Å²) in [5.41, 5.74) is 3.14. The van der Waals surface area contributed by atoms with Crippen molar-refractivity contribution in [1.29, 1.82) is 0 Å². The summed E-state index contributed by atoms with van der Waals surface area (Å²) < 4.78 is 0. The number of H-pyrrole nitrogens is 1. The number of piperidine rings is 3. The van der Waals surface area contributed by atoms with Gasteiger partial charge in [-0.25, -0.2) is 0 Å². The average Bonchev–Trinajstić information content (AvgIpc) is 3.35. The Labute approximate surface area is 160 Å². The maximum absolute atomic E-state index is 13.6. The van der Waals surface area contributed by atoms with Crippen molar-refractivity contribution in [2.24, 2.45) is 5.92 Å². The standard InChI is InChI=1S/C22H28N4O/c1-2-6-19-17(13-23-24-19)22(27)26-14-18(15-7-4-3-5-8-15)21-20(26)16-9-11-25(21)12-10-16/h3-5,7-8,13,16,18,20-21H,2,6,9-12,14H2,1H3,(H,23,24)/t18-,20-,21-/m1/s1. The highest BCUT2D eigenvalue weighted by Crippen LogP contribution is 2.47. The molecule has 5 nitrogen and oxygen atoms in total. The molecule has 27 heavy (non-hydrogen) atoms. The van der Waals surface area contributed by atoms with Crippen LogP contribution >= 0.6 is 0 Å². The van der Waals surface area contributed by atoms with Crippen molar-refractivity contribution in [3.63, 3.8) is 0 Å². The molecule has 3 atom stereocenters. The van der Waals surface area contributed by atoms with E-state index in [1.165, 1.54) is 31.5 Å². The van der Waals surface area contributed by atoms with Gasteiger partial charge < -0.3 is 4.90 Å². The predicted octanol–water partition coefficient (Wildman–Crippen LogP) is 3.06. The molecule has 1 aromatic carbocycles. The number of nitrogens with zero attached hydrogens (tertiary/aromatic N) is 3. The molecular weight excluding hydrogens is 336 g/mol. The molecule has 0 saturated carbocycles. The summed E-state index contributed by atoms with van der Waals surface area (Å²) in [7, 11) is 0. The van der Waals surface area contributed by atoms with Crippen molar-refractivity contribution in [2.45, 2.75) is 50.6 Å². The van der Waals surface area contributed by atoms with Gasteiger partial charge in [-0.1, -0.05) is 43.7 Å². The molecule has 4 fully saturated rings. The Bertz CT molecular complexity index is 809. The fourth-order valence-corrected chi connectivity index (χ4v) is 5.74. The third-order valence-corrected chi connectivity index (χ3v) is 6.93. The van der Waals surface area contributed by atoms with E-state index in [1.807, 2.05) is 0 Å². The number of rotatable bonds is 4. The Balaban J connectivity index is 1.51. The minimum atomic E-state index is 0.175. The number of fused-ring (bicyclic) bond motifs is 2. The number of carbonyl (C=O) groups excluding carboxylic acids is 1. The minimum absolute atomic E-state index is 0.175. The SMILES string of the molecule is CCCc1[nH]ncc1C(=O)N1C[C@H](c2ccccc2)[C@@H]2[C@H]1C1CCN2CC1. The van der Waals surface area contributed by atoms with Crippen molar-refractivity contribution in [3.05, 3.63) is 53.3 Å². The molecule has 1 aromatic heterocycles. The summed E-state index contributed by atoms with van der Waals surface area (Å²) in [6.45, 7) is 5.33. The highest BCUT2D eigenvalue weighted by molar-refractivity contribution is 5.95. The molecule has 1 N–H and O–H groups in total. The van der Waals surface area contributed by atoms with E-state index in [0.29, 0.717) is 23.9 Å².